The average molecular weight is 252 g/mol. The maximum atomic E-state index is 11.1. The highest BCUT2D eigenvalue weighted by Crippen LogP contribution is 2.16. The van der Waals surface area contributed by atoms with Gasteiger partial charge in [-0.2, -0.15) is 0 Å². The Kier molecular flexibility index (Phi) is 4.59. The number of carboxylic acids is 1. The summed E-state index contributed by atoms with van der Waals surface area (Å²) in [6, 6.07) is 0. The lowest BCUT2D eigenvalue weighted by molar-refractivity contribution is -0.117. The van der Waals surface area contributed by atoms with Crippen molar-refractivity contribution in [2.75, 3.05) is 11.9 Å². The van der Waals surface area contributed by atoms with E-state index in [0.717, 1.165) is 0 Å². The highest BCUT2D eigenvalue weighted by Gasteiger charge is 2.15. The Morgan fingerprint density at radius 1 is 1.50 bits per heavy atom. The predicted octanol–water partition coefficient (Wildman–Crippen LogP) is 0.586. The van der Waals surface area contributed by atoms with Crippen molar-refractivity contribution in [2.24, 2.45) is 5.73 Å². The second-order valence-corrected chi connectivity index (χ2v) is 4.09. The van der Waals surface area contributed by atoms with E-state index in [0.29, 0.717) is 5.82 Å². The number of anilines is 1. The van der Waals surface area contributed by atoms with E-state index in [1.54, 1.807) is 0 Å². The normalized spacial score (nSPS) is 10.4. The zero-order valence-corrected chi connectivity index (χ0v) is 10.3. The van der Waals surface area contributed by atoms with Gasteiger partial charge in [-0.25, -0.2) is 14.8 Å². The third kappa shape index (κ3) is 3.69. The minimum absolute atomic E-state index is 0.0442. The number of amides is 1. The second-order valence-electron chi connectivity index (χ2n) is 4.09. The summed E-state index contributed by atoms with van der Waals surface area (Å²) >= 11 is 0. The van der Waals surface area contributed by atoms with Crippen LogP contribution in [0.5, 0.6) is 0 Å². The summed E-state index contributed by atoms with van der Waals surface area (Å²) in [4.78, 5) is 29.7. The first kappa shape index (κ1) is 13.9. The SMILES string of the molecule is CC(C)c1ncc(NCCC(N)=O)c(C(=O)O)n1. The molecule has 4 N–H and O–H groups in total. The molecule has 1 rings (SSSR count). The Labute approximate surface area is 104 Å². The van der Waals surface area contributed by atoms with Crippen molar-refractivity contribution in [3.05, 3.63) is 17.7 Å². The topological polar surface area (TPSA) is 118 Å². The van der Waals surface area contributed by atoms with E-state index >= 15 is 0 Å². The molecule has 7 nitrogen and oxygen atoms in total. The fraction of sp³-hybridized carbons (Fsp3) is 0.455. The number of aromatic carboxylic acids is 1. The Morgan fingerprint density at radius 3 is 2.67 bits per heavy atom. The standard InChI is InChI=1S/C11H16N4O3/c1-6(2)10-14-5-7(9(15-10)11(17)18)13-4-3-8(12)16/h5-6,13H,3-4H2,1-2H3,(H2,12,16)(H,17,18). The molecule has 0 spiro atoms. The van der Waals surface area contributed by atoms with Crippen LogP contribution in [0.4, 0.5) is 5.69 Å². The largest absolute Gasteiger partial charge is 0.476 e. The van der Waals surface area contributed by atoms with Gasteiger partial charge in [-0.05, 0) is 0 Å². The maximum absolute atomic E-state index is 11.1. The number of aromatic nitrogens is 2. The molecule has 0 radical (unpaired) electrons. The first-order valence-corrected chi connectivity index (χ1v) is 5.54. The predicted molar refractivity (Wildman–Crippen MR) is 65.4 cm³/mol. The van der Waals surface area contributed by atoms with E-state index in [-0.39, 0.29) is 30.3 Å². The van der Waals surface area contributed by atoms with Gasteiger partial charge in [0.05, 0.1) is 11.9 Å². The average Bonchev–Trinajstić information content (AvgIpc) is 2.28. The number of carbonyl (C=O) groups is 2. The van der Waals surface area contributed by atoms with Crippen LogP contribution in [0.25, 0.3) is 0 Å². The quantitative estimate of drug-likeness (QED) is 0.681. The lowest BCUT2D eigenvalue weighted by Gasteiger charge is -2.10. The van der Waals surface area contributed by atoms with Crippen LogP contribution in [0.3, 0.4) is 0 Å². The first-order valence-electron chi connectivity index (χ1n) is 5.54. The van der Waals surface area contributed by atoms with E-state index in [2.05, 4.69) is 15.3 Å². The smallest absolute Gasteiger partial charge is 0.356 e. The van der Waals surface area contributed by atoms with Crippen molar-refractivity contribution >= 4 is 17.6 Å². The molecule has 0 aliphatic heterocycles. The van der Waals surface area contributed by atoms with Gasteiger partial charge in [0.2, 0.25) is 5.91 Å². The highest BCUT2D eigenvalue weighted by atomic mass is 16.4. The first-order chi connectivity index (χ1) is 8.41. The Hall–Kier alpha value is -2.18. The van der Waals surface area contributed by atoms with Crippen molar-refractivity contribution < 1.29 is 14.7 Å². The summed E-state index contributed by atoms with van der Waals surface area (Å²) in [7, 11) is 0. The Morgan fingerprint density at radius 2 is 2.17 bits per heavy atom. The van der Waals surface area contributed by atoms with Gasteiger partial charge in [0.25, 0.3) is 0 Å². The van der Waals surface area contributed by atoms with Gasteiger partial charge in [0, 0.05) is 18.9 Å². The van der Waals surface area contributed by atoms with Crippen LogP contribution in [0.15, 0.2) is 6.20 Å². The Balaban J connectivity index is 2.90. The number of nitrogens with two attached hydrogens (primary N) is 1. The lowest BCUT2D eigenvalue weighted by Crippen LogP contribution is -2.18. The van der Waals surface area contributed by atoms with Crippen LogP contribution in [0.1, 0.15) is 42.5 Å². The monoisotopic (exact) mass is 252 g/mol. The number of carbonyl (C=O) groups excluding carboxylic acids is 1. The number of hydrogen-bond acceptors (Lipinski definition) is 5. The number of nitrogens with zero attached hydrogens (tertiary/aromatic N) is 2. The molecule has 0 fully saturated rings. The fourth-order valence-corrected chi connectivity index (χ4v) is 1.29. The molecule has 0 unspecified atom stereocenters. The molecule has 7 heteroatoms. The van der Waals surface area contributed by atoms with Crippen LogP contribution >= 0.6 is 0 Å². The summed E-state index contributed by atoms with van der Waals surface area (Å²) in [6.07, 6.45) is 1.53. The van der Waals surface area contributed by atoms with Gasteiger partial charge in [-0.3, -0.25) is 4.79 Å². The fourth-order valence-electron chi connectivity index (χ4n) is 1.29. The molecule has 0 saturated heterocycles. The summed E-state index contributed by atoms with van der Waals surface area (Å²) in [5.41, 5.74) is 5.18. The number of rotatable bonds is 6. The molecule has 18 heavy (non-hydrogen) atoms. The second kappa shape index (κ2) is 5.95. The molecule has 0 bridgehead atoms. The van der Waals surface area contributed by atoms with Crippen LogP contribution in [-0.2, 0) is 4.79 Å². The van der Waals surface area contributed by atoms with Crippen LogP contribution in [0.2, 0.25) is 0 Å². The molecule has 1 amide bonds. The zero-order chi connectivity index (χ0) is 13.7. The lowest BCUT2D eigenvalue weighted by atomic mass is 10.2. The Bertz CT molecular complexity index is 460. The van der Waals surface area contributed by atoms with Crippen LogP contribution in [-0.4, -0.2) is 33.5 Å². The highest BCUT2D eigenvalue weighted by molar-refractivity contribution is 5.91. The third-order valence-electron chi connectivity index (χ3n) is 2.21. The van der Waals surface area contributed by atoms with Gasteiger partial charge in [-0.15, -0.1) is 0 Å². The minimum atomic E-state index is -1.14. The summed E-state index contributed by atoms with van der Waals surface area (Å²) in [5.74, 6) is -1.09. The van der Waals surface area contributed by atoms with Crippen molar-refractivity contribution in [3.8, 4) is 0 Å². The van der Waals surface area contributed by atoms with E-state index < -0.39 is 11.9 Å². The molecule has 0 aromatic carbocycles. The molecule has 0 saturated carbocycles. The number of primary amides is 1. The molecule has 0 atom stereocenters. The van der Waals surface area contributed by atoms with Gasteiger partial charge < -0.3 is 16.2 Å². The van der Waals surface area contributed by atoms with E-state index in [9.17, 15) is 9.59 Å². The van der Waals surface area contributed by atoms with Crippen molar-refractivity contribution in [3.63, 3.8) is 0 Å². The molecule has 1 aromatic rings. The molecule has 1 heterocycles. The third-order valence-corrected chi connectivity index (χ3v) is 2.21. The van der Waals surface area contributed by atoms with Crippen LogP contribution in [0, 0.1) is 0 Å². The molecule has 98 valence electrons. The summed E-state index contributed by atoms with van der Waals surface area (Å²) in [6.45, 7) is 4.00. The van der Waals surface area contributed by atoms with Gasteiger partial charge in [0.1, 0.15) is 5.82 Å². The van der Waals surface area contributed by atoms with Gasteiger partial charge >= 0.3 is 5.97 Å². The zero-order valence-electron chi connectivity index (χ0n) is 10.3. The van der Waals surface area contributed by atoms with Crippen molar-refractivity contribution in [1.82, 2.24) is 9.97 Å². The van der Waals surface area contributed by atoms with Gasteiger partial charge in [-0.1, -0.05) is 13.8 Å². The molecule has 0 aliphatic carbocycles. The maximum Gasteiger partial charge on any atom is 0.356 e. The summed E-state index contributed by atoms with van der Waals surface area (Å²) < 4.78 is 0. The van der Waals surface area contributed by atoms with E-state index in [4.69, 9.17) is 10.8 Å². The van der Waals surface area contributed by atoms with Crippen LogP contribution < -0.4 is 11.1 Å². The molecule has 1 aromatic heterocycles. The summed E-state index contributed by atoms with van der Waals surface area (Å²) in [5, 5.41) is 11.8. The molecule has 0 aliphatic rings. The number of nitrogens with one attached hydrogen (secondary N) is 1. The number of carboxylic acid groups (broad SMARTS) is 1. The number of hydrogen-bond donors (Lipinski definition) is 3. The minimum Gasteiger partial charge on any atom is -0.476 e. The molecular weight excluding hydrogens is 236 g/mol. The van der Waals surface area contributed by atoms with Crippen molar-refractivity contribution in [2.45, 2.75) is 26.2 Å². The van der Waals surface area contributed by atoms with Crippen molar-refractivity contribution in [1.29, 1.82) is 0 Å². The molecular formula is C11H16N4O3. The van der Waals surface area contributed by atoms with E-state index in [1.807, 2.05) is 13.8 Å². The van der Waals surface area contributed by atoms with E-state index in [1.165, 1.54) is 6.20 Å². The van der Waals surface area contributed by atoms with Gasteiger partial charge in [0.15, 0.2) is 5.69 Å².